The summed E-state index contributed by atoms with van der Waals surface area (Å²) in [5.41, 5.74) is 1.78. The third-order valence-corrected chi connectivity index (χ3v) is 6.76. The largest absolute Gasteiger partial charge is 0.351 e. The van der Waals surface area contributed by atoms with Crippen LogP contribution in [0.25, 0.3) is 0 Å². The van der Waals surface area contributed by atoms with E-state index in [1.54, 1.807) is 11.3 Å². The zero-order chi connectivity index (χ0) is 13.3. The Hall–Kier alpha value is -0.350. The third-order valence-electron chi connectivity index (χ3n) is 4.33. The first-order valence-electron chi connectivity index (χ1n) is 7.18. The fraction of sp³-hybridized carbons (Fsp3) is 0.667. The zero-order valence-electron chi connectivity index (χ0n) is 11.1. The molecule has 0 saturated heterocycles. The van der Waals surface area contributed by atoms with Crippen LogP contribution < -0.4 is 5.32 Å². The van der Waals surface area contributed by atoms with Crippen LogP contribution in [0.4, 0.5) is 0 Å². The molecule has 2 nitrogen and oxygen atoms in total. The second kappa shape index (κ2) is 5.57. The molecule has 104 valence electrons. The number of amides is 1. The molecule has 1 aromatic rings. The van der Waals surface area contributed by atoms with E-state index in [4.69, 9.17) is 0 Å². The van der Waals surface area contributed by atoms with E-state index in [1.165, 1.54) is 49.0 Å². The SMILES string of the molecule is O=C(NCC1(CBr)CC1)c1cc2c(s1)CCCCC2. The van der Waals surface area contributed by atoms with Gasteiger partial charge in [-0.2, -0.15) is 0 Å². The topological polar surface area (TPSA) is 29.1 Å². The van der Waals surface area contributed by atoms with Gasteiger partial charge in [-0.05, 0) is 55.6 Å². The fourth-order valence-corrected chi connectivity index (χ4v) is 4.60. The van der Waals surface area contributed by atoms with Crippen molar-refractivity contribution in [1.82, 2.24) is 5.32 Å². The van der Waals surface area contributed by atoms with Crippen LogP contribution >= 0.6 is 27.3 Å². The van der Waals surface area contributed by atoms with E-state index < -0.39 is 0 Å². The normalized spacial score (nSPS) is 20.5. The number of alkyl halides is 1. The Bertz CT molecular complexity index is 455. The standard InChI is InChI=1S/C15H20BrNOS/c16-9-15(6-7-15)10-17-14(18)13-8-11-4-2-1-3-5-12(11)19-13/h8H,1-7,9-10H2,(H,17,18). The van der Waals surface area contributed by atoms with Crippen LogP contribution in [0.2, 0.25) is 0 Å². The summed E-state index contributed by atoms with van der Waals surface area (Å²) < 4.78 is 0. The van der Waals surface area contributed by atoms with Crippen molar-refractivity contribution in [2.24, 2.45) is 5.41 Å². The Balaban J connectivity index is 1.63. The Morgan fingerprint density at radius 2 is 2.11 bits per heavy atom. The molecule has 0 spiro atoms. The van der Waals surface area contributed by atoms with Gasteiger partial charge in [-0.3, -0.25) is 4.79 Å². The first-order chi connectivity index (χ1) is 9.22. The average Bonchev–Trinajstić information content (AvgIpc) is 3.16. The molecule has 1 aromatic heterocycles. The predicted octanol–water partition coefficient (Wildman–Crippen LogP) is 3.92. The van der Waals surface area contributed by atoms with Crippen LogP contribution in [0.15, 0.2) is 6.07 Å². The van der Waals surface area contributed by atoms with Crippen molar-refractivity contribution < 1.29 is 4.79 Å². The maximum Gasteiger partial charge on any atom is 0.261 e. The average molecular weight is 342 g/mol. The van der Waals surface area contributed by atoms with Crippen LogP contribution in [0.3, 0.4) is 0 Å². The number of nitrogens with one attached hydrogen (secondary N) is 1. The number of hydrogen-bond donors (Lipinski definition) is 1. The Morgan fingerprint density at radius 1 is 1.32 bits per heavy atom. The molecule has 0 aromatic carbocycles. The summed E-state index contributed by atoms with van der Waals surface area (Å²) in [6.45, 7) is 0.819. The number of carbonyl (C=O) groups excluding carboxylic acids is 1. The molecule has 1 heterocycles. The molecular weight excluding hydrogens is 322 g/mol. The smallest absolute Gasteiger partial charge is 0.261 e. The molecule has 4 heteroatoms. The number of carbonyl (C=O) groups is 1. The highest BCUT2D eigenvalue weighted by molar-refractivity contribution is 9.09. The van der Waals surface area contributed by atoms with Gasteiger partial charge in [0, 0.05) is 16.8 Å². The molecule has 0 unspecified atom stereocenters. The van der Waals surface area contributed by atoms with Gasteiger partial charge in [0.25, 0.3) is 5.91 Å². The molecule has 0 aliphatic heterocycles. The van der Waals surface area contributed by atoms with E-state index >= 15 is 0 Å². The van der Waals surface area contributed by atoms with Gasteiger partial charge in [-0.15, -0.1) is 11.3 Å². The summed E-state index contributed by atoms with van der Waals surface area (Å²) in [6, 6.07) is 2.13. The van der Waals surface area contributed by atoms with Gasteiger partial charge >= 0.3 is 0 Å². The highest BCUT2D eigenvalue weighted by Crippen LogP contribution is 2.46. The minimum absolute atomic E-state index is 0.130. The van der Waals surface area contributed by atoms with Gasteiger partial charge in [0.1, 0.15) is 0 Å². The lowest BCUT2D eigenvalue weighted by molar-refractivity contribution is 0.0950. The van der Waals surface area contributed by atoms with Crippen molar-refractivity contribution >= 4 is 33.2 Å². The molecule has 1 N–H and O–H groups in total. The van der Waals surface area contributed by atoms with Crippen LogP contribution in [-0.4, -0.2) is 17.8 Å². The van der Waals surface area contributed by atoms with Crippen molar-refractivity contribution in [2.75, 3.05) is 11.9 Å². The van der Waals surface area contributed by atoms with Gasteiger partial charge < -0.3 is 5.32 Å². The van der Waals surface area contributed by atoms with Gasteiger partial charge in [0.2, 0.25) is 0 Å². The first-order valence-corrected chi connectivity index (χ1v) is 9.12. The minimum Gasteiger partial charge on any atom is -0.351 e. The number of fused-ring (bicyclic) bond motifs is 1. The van der Waals surface area contributed by atoms with Crippen molar-refractivity contribution in [1.29, 1.82) is 0 Å². The number of thiophene rings is 1. The summed E-state index contributed by atoms with van der Waals surface area (Å²) in [7, 11) is 0. The van der Waals surface area contributed by atoms with Crippen molar-refractivity contribution in [3.05, 3.63) is 21.4 Å². The van der Waals surface area contributed by atoms with Gasteiger partial charge in [0.05, 0.1) is 4.88 Å². The quantitative estimate of drug-likeness (QED) is 0.652. The van der Waals surface area contributed by atoms with Gasteiger partial charge in [-0.25, -0.2) is 0 Å². The highest BCUT2D eigenvalue weighted by Gasteiger charge is 2.41. The van der Waals surface area contributed by atoms with E-state index in [9.17, 15) is 4.79 Å². The van der Waals surface area contributed by atoms with Crippen LogP contribution in [0.1, 0.15) is 52.2 Å². The highest BCUT2D eigenvalue weighted by atomic mass is 79.9. The lowest BCUT2D eigenvalue weighted by Crippen LogP contribution is -2.30. The number of hydrogen-bond acceptors (Lipinski definition) is 2. The lowest BCUT2D eigenvalue weighted by Gasteiger charge is -2.11. The lowest BCUT2D eigenvalue weighted by atomic mass is 10.1. The maximum absolute atomic E-state index is 12.2. The molecule has 0 radical (unpaired) electrons. The van der Waals surface area contributed by atoms with Gasteiger partial charge in [-0.1, -0.05) is 22.4 Å². The van der Waals surface area contributed by atoms with E-state index in [-0.39, 0.29) is 5.91 Å². The number of halogens is 1. The third kappa shape index (κ3) is 3.05. The second-order valence-electron chi connectivity index (χ2n) is 5.94. The van der Waals surface area contributed by atoms with Crippen molar-refractivity contribution in [3.8, 4) is 0 Å². The molecule has 1 fully saturated rings. The predicted molar refractivity (Wildman–Crippen MR) is 83.4 cm³/mol. The molecular formula is C15H20BrNOS. The maximum atomic E-state index is 12.2. The minimum atomic E-state index is 0.130. The van der Waals surface area contributed by atoms with E-state index in [1.807, 2.05) is 0 Å². The summed E-state index contributed by atoms with van der Waals surface area (Å²) in [6.07, 6.45) is 8.68. The van der Waals surface area contributed by atoms with E-state index in [0.29, 0.717) is 5.41 Å². The van der Waals surface area contributed by atoms with Crippen molar-refractivity contribution in [3.63, 3.8) is 0 Å². The molecule has 0 atom stereocenters. The molecule has 1 amide bonds. The van der Waals surface area contributed by atoms with Crippen LogP contribution in [-0.2, 0) is 12.8 Å². The van der Waals surface area contributed by atoms with E-state index in [0.717, 1.165) is 23.2 Å². The number of rotatable bonds is 4. The Morgan fingerprint density at radius 3 is 2.84 bits per heavy atom. The molecule has 2 aliphatic rings. The zero-order valence-corrected chi connectivity index (χ0v) is 13.5. The Labute approximate surface area is 127 Å². The Kier molecular flexibility index (Phi) is 3.99. The summed E-state index contributed by atoms with van der Waals surface area (Å²) in [5, 5.41) is 4.12. The molecule has 3 rings (SSSR count). The summed E-state index contributed by atoms with van der Waals surface area (Å²) >= 11 is 5.26. The monoisotopic (exact) mass is 341 g/mol. The molecule has 2 aliphatic carbocycles. The molecule has 1 saturated carbocycles. The summed E-state index contributed by atoms with van der Waals surface area (Å²) in [4.78, 5) is 14.6. The van der Waals surface area contributed by atoms with Crippen LogP contribution in [0, 0.1) is 5.41 Å². The van der Waals surface area contributed by atoms with Gasteiger partial charge in [0.15, 0.2) is 0 Å². The first kappa shape index (κ1) is 13.6. The second-order valence-corrected chi connectivity index (χ2v) is 7.63. The van der Waals surface area contributed by atoms with Crippen molar-refractivity contribution in [2.45, 2.75) is 44.9 Å². The molecule has 19 heavy (non-hydrogen) atoms. The number of aryl methyl sites for hydroxylation is 2. The van der Waals surface area contributed by atoms with E-state index in [2.05, 4.69) is 27.3 Å². The fourth-order valence-electron chi connectivity index (χ4n) is 2.67. The van der Waals surface area contributed by atoms with Crippen LogP contribution in [0.5, 0.6) is 0 Å². The molecule has 0 bridgehead atoms. The summed E-state index contributed by atoms with van der Waals surface area (Å²) in [5.74, 6) is 0.130.